The highest BCUT2D eigenvalue weighted by molar-refractivity contribution is 9.10. The number of rotatable bonds is 5. The van der Waals surface area contributed by atoms with Gasteiger partial charge in [0.1, 0.15) is 12.2 Å². The first-order valence-corrected chi connectivity index (χ1v) is 7.72. The van der Waals surface area contributed by atoms with Crippen LogP contribution in [0.2, 0.25) is 5.02 Å². The highest BCUT2D eigenvalue weighted by Gasteiger charge is 2.16. The topological polar surface area (TPSA) is 56.7 Å². The van der Waals surface area contributed by atoms with Gasteiger partial charge in [0.2, 0.25) is 0 Å². The van der Waals surface area contributed by atoms with Crippen molar-refractivity contribution in [2.75, 3.05) is 0 Å². The van der Waals surface area contributed by atoms with Gasteiger partial charge in [-0.3, -0.25) is 0 Å². The highest BCUT2D eigenvalue weighted by Crippen LogP contribution is 2.30. The molecule has 0 aliphatic heterocycles. The Kier molecular flexibility index (Phi) is 5.18. The minimum atomic E-state index is -0.199. The Morgan fingerprint density at radius 2 is 2.15 bits per heavy atom. The summed E-state index contributed by atoms with van der Waals surface area (Å²) in [6, 6.07) is 5.58. The molecule has 2 aromatic rings. The Labute approximate surface area is 132 Å². The lowest BCUT2D eigenvalue weighted by Gasteiger charge is -2.15. The lowest BCUT2D eigenvalue weighted by molar-refractivity contribution is 0.459. The van der Waals surface area contributed by atoms with Crippen LogP contribution in [-0.2, 0) is 13.0 Å². The molecule has 4 nitrogen and oxygen atoms in total. The van der Waals surface area contributed by atoms with Gasteiger partial charge in [-0.05, 0) is 33.5 Å². The maximum Gasteiger partial charge on any atom is 0.138 e. The number of aromatic nitrogens is 3. The third-order valence-electron chi connectivity index (χ3n) is 3.02. The van der Waals surface area contributed by atoms with E-state index in [1.54, 1.807) is 6.33 Å². The van der Waals surface area contributed by atoms with Crippen molar-refractivity contribution in [3.05, 3.63) is 45.4 Å². The SMILES string of the molecule is CC(C)Cn1ncnc1CC(N)c1cccc(Br)c1Cl. The molecular weight excluding hydrogens is 340 g/mol. The molecule has 108 valence electrons. The van der Waals surface area contributed by atoms with E-state index in [0.29, 0.717) is 17.4 Å². The van der Waals surface area contributed by atoms with Crippen LogP contribution in [0.1, 0.15) is 31.3 Å². The molecule has 0 radical (unpaired) electrons. The molecule has 2 N–H and O–H groups in total. The predicted octanol–water partition coefficient (Wildman–Crippen LogP) is 3.59. The Balaban J connectivity index is 2.17. The largest absolute Gasteiger partial charge is 0.324 e. The van der Waals surface area contributed by atoms with Crippen LogP contribution in [0.15, 0.2) is 29.0 Å². The van der Waals surface area contributed by atoms with Crippen molar-refractivity contribution in [2.24, 2.45) is 11.7 Å². The Bertz CT molecular complexity index is 582. The first-order valence-electron chi connectivity index (χ1n) is 6.55. The predicted molar refractivity (Wildman–Crippen MR) is 84.6 cm³/mol. The zero-order chi connectivity index (χ0) is 14.7. The van der Waals surface area contributed by atoms with E-state index in [4.69, 9.17) is 17.3 Å². The summed E-state index contributed by atoms with van der Waals surface area (Å²) in [5.74, 6) is 1.41. The van der Waals surface area contributed by atoms with E-state index in [-0.39, 0.29) is 6.04 Å². The lowest BCUT2D eigenvalue weighted by Crippen LogP contribution is -2.18. The normalized spacial score (nSPS) is 12.9. The summed E-state index contributed by atoms with van der Waals surface area (Å²) in [6.45, 7) is 5.14. The molecule has 2 rings (SSSR count). The molecule has 20 heavy (non-hydrogen) atoms. The fourth-order valence-corrected chi connectivity index (χ4v) is 2.71. The van der Waals surface area contributed by atoms with Crippen molar-refractivity contribution in [3.8, 4) is 0 Å². The third kappa shape index (κ3) is 3.59. The smallest absolute Gasteiger partial charge is 0.138 e. The number of benzene rings is 1. The Hall–Kier alpha value is -0.910. The van der Waals surface area contributed by atoms with E-state index >= 15 is 0 Å². The molecule has 0 saturated carbocycles. The summed E-state index contributed by atoms with van der Waals surface area (Å²) in [5, 5.41) is 4.91. The van der Waals surface area contributed by atoms with Crippen LogP contribution in [0.4, 0.5) is 0 Å². The molecule has 1 unspecified atom stereocenters. The monoisotopic (exact) mass is 356 g/mol. The Morgan fingerprint density at radius 3 is 2.85 bits per heavy atom. The molecule has 0 saturated heterocycles. The molecule has 0 bridgehead atoms. The molecule has 0 spiro atoms. The molecule has 0 amide bonds. The van der Waals surface area contributed by atoms with Crippen LogP contribution in [0.3, 0.4) is 0 Å². The summed E-state index contributed by atoms with van der Waals surface area (Å²) in [4.78, 5) is 4.30. The van der Waals surface area contributed by atoms with E-state index in [1.165, 1.54) is 0 Å². The molecule has 0 aliphatic carbocycles. The van der Waals surface area contributed by atoms with Crippen molar-refractivity contribution in [1.82, 2.24) is 14.8 Å². The van der Waals surface area contributed by atoms with Crippen LogP contribution in [0.5, 0.6) is 0 Å². The van der Waals surface area contributed by atoms with E-state index in [2.05, 4.69) is 39.9 Å². The second kappa shape index (κ2) is 6.70. The first-order chi connectivity index (χ1) is 9.49. The van der Waals surface area contributed by atoms with Gasteiger partial charge in [0.25, 0.3) is 0 Å². The molecule has 1 heterocycles. The fourth-order valence-electron chi connectivity index (χ4n) is 2.06. The van der Waals surface area contributed by atoms with Gasteiger partial charge >= 0.3 is 0 Å². The fraction of sp³-hybridized carbons (Fsp3) is 0.429. The van der Waals surface area contributed by atoms with Crippen molar-refractivity contribution in [3.63, 3.8) is 0 Å². The van der Waals surface area contributed by atoms with Gasteiger partial charge in [-0.2, -0.15) is 5.10 Å². The molecule has 0 fully saturated rings. The molecule has 0 aliphatic rings. The van der Waals surface area contributed by atoms with E-state index in [9.17, 15) is 0 Å². The molecular formula is C14H18BrClN4. The number of halogens is 2. The summed E-state index contributed by atoms with van der Waals surface area (Å²) in [7, 11) is 0. The van der Waals surface area contributed by atoms with Crippen LogP contribution in [-0.4, -0.2) is 14.8 Å². The van der Waals surface area contributed by atoms with Crippen LogP contribution >= 0.6 is 27.5 Å². The summed E-state index contributed by atoms with van der Waals surface area (Å²) in [6.07, 6.45) is 2.19. The molecule has 1 atom stereocenters. The van der Waals surface area contributed by atoms with Crippen LogP contribution in [0.25, 0.3) is 0 Å². The van der Waals surface area contributed by atoms with Gasteiger partial charge in [0, 0.05) is 23.5 Å². The van der Waals surface area contributed by atoms with Crippen molar-refractivity contribution in [2.45, 2.75) is 32.9 Å². The number of hydrogen-bond acceptors (Lipinski definition) is 3. The van der Waals surface area contributed by atoms with Crippen molar-refractivity contribution < 1.29 is 0 Å². The van der Waals surface area contributed by atoms with Gasteiger partial charge in [-0.1, -0.05) is 37.6 Å². The number of nitrogens with zero attached hydrogens (tertiary/aromatic N) is 3. The number of nitrogens with two attached hydrogens (primary N) is 1. The van der Waals surface area contributed by atoms with Crippen molar-refractivity contribution in [1.29, 1.82) is 0 Å². The highest BCUT2D eigenvalue weighted by atomic mass is 79.9. The first kappa shape index (κ1) is 15.5. The number of hydrogen-bond donors (Lipinski definition) is 1. The summed E-state index contributed by atoms with van der Waals surface area (Å²) in [5.41, 5.74) is 7.19. The van der Waals surface area contributed by atoms with E-state index in [0.717, 1.165) is 22.4 Å². The van der Waals surface area contributed by atoms with Gasteiger partial charge in [0.15, 0.2) is 0 Å². The maximum atomic E-state index is 6.28. The Morgan fingerprint density at radius 1 is 1.40 bits per heavy atom. The van der Waals surface area contributed by atoms with Gasteiger partial charge < -0.3 is 5.73 Å². The van der Waals surface area contributed by atoms with Crippen LogP contribution in [0, 0.1) is 5.92 Å². The zero-order valence-electron chi connectivity index (χ0n) is 11.6. The summed E-state index contributed by atoms with van der Waals surface area (Å²) < 4.78 is 2.77. The summed E-state index contributed by atoms with van der Waals surface area (Å²) >= 11 is 9.70. The average molecular weight is 358 g/mol. The molecule has 1 aromatic carbocycles. The zero-order valence-corrected chi connectivity index (χ0v) is 13.9. The third-order valence-corrected chi connectivity index (χ3v) is 4.33. The average Bonchev–Trinajstić information content (AvgIpc) is 2.79. The lowest BCUT2D eigenvalue weighted by atomic mass is 10.0. The maximum absolute atomic E-state index is 6.28. The molecule has 1 aromatic heterocycles. The van der Waals surface area contributed by atoms with Gasteiger partial charge in [0.05, 0.1) is 5.02 Å². The molecule has 6 heteroatoms. The standard InChI is InChI=1S/C14H18BrClN4/c1-9(2)7-20-13(18-8-19-20)6-12(17)10-4-3-5-11(15)14(10)16/h3-5,8-9,12H,6-7,17H2,1-2H3. The van der Waals surface area contributed by atoms with Gasteiger partial charge in [-0.15, -0.1) is 0 Å². The minimum absolute atomic E-state index is 0.199. The second-order valence-corrected chi connectivity index (χ2v) is 6.44. The van der Waals surface area contributed by atoms with Gasteiger partial charge in [-0.25, -0.2) is 9.67 Å². The van der Waals surface area contributed by atoms with Crippen molar-refractivity contribution >= 4 is 27.5 Å². The minimum Gasteiger partial charge on any atom is -0.324 e. The second-order valence-electron chi connectivity index (χ2n) is 5.21. The quantitative estimate of drug-likeness (QED) is 0.889. The van der Waals surface area contributed by atoms with E-state index in [1.807, 2.05) is 22.9 Å². The van der Waals surface area contributed by atoms with E-state index < -0.39 is 0 Å². The van der Waals surface area contributed by atoms with Crippen LogP contribution < -0.4 is 5.73 Å².